The second-order valence-corrected chi connectivity index (χ2v) is 3.96. The van der Waals surface area contributed by atoms with Crippen molar-refractivity contribution in [3.8, 4) is 5.75 Å². The van der Waals surface area contributed by atoms with Gasteiger partial charge in [-0.1, -0.05) is 0 Å². The molecule has 6 heteroatoms. The number of amides is 1. The molecule has 0 radical (unpaired) electrons. The van der Waals surface area contributed by atoms with E-state index in [-0.39, 0.29) is 34.4 Å². The highest BCUT2D eigenvalue weighted by molar-refractivity contribution is 5.84. The summed E-state index contributed by atoms with van der Waals surface area (Å²) in [6, 6.07) is 5.93. The Balaban J connectivity index is 0.00000162. The summed E-state index contributed by atoms with van der Waals surface area (Å²) in [6.45, 7) is 2.18. The molecule has 102 valence electrons. The van der Waals surface area contributed by atoms with E-state index >= 15 is 0 Å². The number of nitrogens with one attached hydrogen (secondary N) is 2. The van der Waals surface area contributed by atoms with Gasteiger partial charge in [-0.3, -0.25) is 4.79 Å². The van der Waals surface area contributed by atoms with Gasteiger partial charge in [0.25, 0.3) is 0 Å². The third-order valence-corrected chi connectivity index (χ3v) is 2.74. The molecule has 2 rings (SSSR count). The van der Waals surface area contributed by atoms with Crippen molar-refractivity contribution in [1.82, 2.24) is 10.3 Å². The van der Waals surface area contributed by atoms with Crippen molar-refractivity contribution < 1.29 is 15.0 Å². The molecule has 1 aromatic carbocycles. The van der Waals surface area contributed by atoms with E-state index in [2.05, 4.69) is 10.3 Å². The van der Waals surface area contributed by atoms with Crippen molar-refractivity contribution in [2.45, 2.75) is 13.3 Å². The minimum Gasteiger partial charge on any atom is -0.497 e. The molecule has 0 atom stereocenters. The van der Waals surface area contributed by atoms with Crippen LogP contribution in [0.4, 0.5) is 0 Å². The first-order valence-electron chi connectivity index (χ1n) is 5.59. The lowest BCUT2D eigenvalue weighted by atomic mass is 10.1. The topological polar surface area (TPSA) is 85.6 Å². The number of carbonyl (C=O) groups is 1. The Hall–Kier alpha value is -1.24. The van der Waals surface area contributed by atoms with Crippen LogP contribution >= 0.6 is 0 Å². The molecule has 19 heavy (non-hydrogen) atoms. The van der Waals surface area contributed by atoms with Crippen molar-refractivity contribution in [1.29, 1.82) is 0 Å². The molecule has 0 aliphatic carbocycles. The Kier molecular flexibility index (Phi) is 7.51. The maximum absolute atomic E-state index is 10.8. The van der Waals surface area contributed by atoms with Crippen molar-refractivity contribution in [2.75, 3.05) is 13.7 Å². The van der Waals surface area contributed by atoms with E-state index in [9.17, 15) is 4.79 Å². The van der Waals surface area contributed by atoms with Crippen LogP contribution in [0.1, 0.15) is 12.5 Å². The second kappa shape index (κ2) is 8.03. The third kappa shape index (κ3) is 4.41. The van der Waals surface area contributed by atoms with Crippen molar-refractivity contribution in [3.05, 3.63) is 30.0 Å². The number of ether oxygens (including phenoxy) is 1. The Morgan fingerprint density at radius 3 is 2.79 bits per heavy atom. The number of aromatic amines is 1. The Bertz CT molecular complexity index is 540. The second-order valence-electron chi connectivity index (χ2n) is 3.96. The molecule has 0 aliphatic heterocycles. The van der Waals surface area contributed by atoms with E-state index in [1.165, 1.54) is 12.5 Å². The molecular formula is C13H20MgN2O3. The maximum atomic E-state index is 10.8. The highest BCUT2D eigenvalue weighted by Crippen LogP contribution is 2.23. The van der Waals surface area contributed by atoms with Gasteiger partial charge in [0, 0.05) is 30.6 Å². The number of H-pyrrole nitrogens is 1. The van der Waals surface area contributed by atoms with Gasteiger partial charge in [0.05, 0.1) is 7.11 Å². The average molecular weight is 277 g/mol. The summed E-state index contributed by atoms with van der Waals surface area (Å²) in [5.41, 5.74) is 2.27. The number of hydrogen-bond acceptors (Lipinski definition) is 2. The van der Waals surface area contributed by atoms with Crippen LogP contribution in [0.15, 0.2) is 24.4 Å². The zero-order chi connectivity index (χ0) is 12.3. The van der Waals surface area contributed by atoms with Crippen LogP contribution < -0.4 is 10.1 Å². The van der Waals surface area contributed by atoms with Crippen LogP contribution in [-0.2, 0) is 11.2 Å². The molecule has 4 N–H and O–H groups in total. The highest BCUT2D eigenvalue weighted by atomic mass is 24.3. The molecule has 0 saturated carbocycles. The molecule has 0 unspecified atom stereocenters. The van der Waals surface area contributed by atoms with E-state index in [1.54, 1.807) is 7.11 Å². The number of fused-ring (bicyclic) bond motifs is 1. The summed E-state index contributed by atoms with van der Waals surface area (Å²) in [7, 11) is 1.66. The van der Waals surface area contributed by atoms with Gasteiger partial charge in [-0.05, 0) is 30.2 Å². The fourth-order valence-corrected chi connectivity index (χ4v) is 1.86. The smallest absolute Gasteiger partial charge is 0.316 e. The van der Waals surface area contributed by atoms with E-state index in [0.717, 1.165) is 23.1 Å². The fourth-order valence-electron chi connectivity index (χ4n) is 1.86. The predicted octanol–water partition coefficient (Wildman–Crippen LogP) is 0.114. The van der Waals surface area contributed by atoms with Crippen LogP contribution in [0.2, 0.25) is 0 Å². The van der Waals surface area contributed by atoms with Gasteiger partial charge in [0.15, 0.2) is 0 Å². The normalized spacial score (nSPS) is 9.37. The minimum atomic E-state index is 0. The summed E-state index contributed by atoms with van der Waals surface area (Å²) < 4.78 is 5.21. The molecule has 1 heterocycles. The average Bonchev–Trinajstić information content (AvgIpc) is 2.71. The molecule has 5 nitrogen and oxygen atoms in total. The first-order chi connectivity index (χ1) is 8.20. The third-order valence-electron chi connectivity index (χ3n) is 2.74. The van der Waals surface area contributed by atoms with Crippen molar-refractivity contribution in [2.24, 2.45) is 0 Å². The molecule has 0 aliphatic rings. The standard InChI is InChI=1S/C13H16N2O2.Mg.H2O.2H/c1-9(16)14-6-5-10-8-15-13-4-3-11(17-2)7-12(10)13;;;;/h3-4,7-8,15H,5-6H2,1-2H3,(H,14,16);;1H2;;. The first-order valence-corrected chi connectivity index (χ1v) is 5.59. The largest absolute Gasteiger partial charge is 0.497 e. The summed E-state index contributed by atoms with van der Waals surface area (Å²) in [5, 5.41) is 3.94. The van der Waals surface area contributed by atoms with Gasteiger partial charge in [0.1, 0.15) is 5.75 Å². The number of hydrogen-bond donors (Lipinski definition) is 2. The Labute approximate surface area is 128 Å². The van der Waals surface area contributed by atoms with Gasteiger partial charge in [0.2, 0.25) is 5.91 Å². The van der Waals surface area contributed by atoms with Gasteiger partial charge in [-0.15, -0.1) is 0 Å². The fraction of sp³-hybridized carbons (Fsp3) is 0.308. The predicted molar refractivity (Wildman–Crippen MR) is 79.4 cm³/mol. The molecule has 0 fully saturated rings. The van der Waals surface area contributed by atoms with E-state index < -0.39 is 0 Å². The van der Waals surface area contributed by atoms with Crippen LogP contribution in [0, 0.1) is 0 Å². The molecule has 2 aromatic rings. The quantitative estimate of drug-likeness (QED) is 0.777. The van der Waals surface area contributed by atoms with E-state index in [4.69, 9.17) is 4.74 Å². The van der Waals surface area contributed by atoms with Crippen molar-refractivity contribution in [3.63, 3.8) is 0 Å². The van der Waals surface area contributed by atoms with Crippen LogP contribution in [0.25, 0.3) is 10.9 Å². The number of methoxy groups -OCH3 is 1. The molecule has 0 spiro atoms. The zero-order valence-electron chi connectivity index (χ0n) is 10.5. The summed E-state index contributed by atoms with van der Waals surface area (Å²) >= 11 is 0. The molecule has 1 amide bonds. The Morgan fingerprint density at radius 1 is 1.42 bits per heavy atom. The van der Waals surface area contributed by atoms with E-state index in [1.807, 2.05) is 24.4 Å². The van der Waals surface area contributed by atoms with Crippen molar-refractivity contribution >= 4 is 39.9 Å². The number of rotatable bonds is 4. The number of aromatic nitrogens is 1. The highest BCUT2D eigenvalue weighted by Gasteiger charge is 2.05. The van der Waals surface area contributed by atoms with Gasteiger partial charge >= 0.3 is 23.1 Å². The first kappa shape index (κ1) is 17.8. The SMILES string of the molecule is COc1ccc2[nH]cc(CCNC(C)=O)c2c1.O.[MgH2]. The minimum absolute atomic E-state index is 0. The number of benzene rings is 1. The summed E-state index contributed by atoms with van der Waals surface area (Å²) in [6.07, 6.45) is 2.79. The molecular weight excluding hydrogens is 256 g/mol. The molecule has 0 bridgehead atoms. The lowest BCUT2D eigenvalue weighted by Gasteiger charge is -2.03. The van der Waals surface area contributed by atoms with Crippen LogP contribution in [0.3, 0.4) is 0 Å². The van der Waals surface area contributed by atoms with Crippen LogP contribution in [0.5, 0.6) is 5.75 Å². The van der Waals surface area contributed by atoms with Gasteiger partial charge < -0.3 is 20.5 Å². The summed E-state index contributed by atoms with van der Waals surface area (Å²) in [4.78, 5) is 14.0. The molecule has 0 saturated heterocycles. The lowest BCUT2D eigenvalue weighted by molar-refractivity contribution is -0.118. The number of carbonyl (C=O) groups excluding carboxylic acids is 1. The monoisotopic (exact) mass is 276 g/mol. The molecule has 1 aromatic heterocycles. The zero-order valence-corrected chi connectivity index (χ0v) is 10.5. The Morgan fingerprint density at radius 2 is 2.16 bits per heavy atom. The van der Waals surface area contributed by atoms with Gasteiger partial charge in [-0.2, -0.15) is 0 Å². The maximum Gasteiger partial charge on any atom is 0.316 e. The summed E-state index contributed by atoms with van der Waals surface area (Å²) in [5.74, 6) is 0.847. The van der Waals surface area contributed by atoms with Crippen LogP contribution in [-0.4, -0.2) is 53.1 Å². The van der Waals surface area contributed by atoms with E-state index in [0.29, 0.717) is 6.54 Å². The van der Waals surface area contributed by atoms with Gasteiger partial charge in [-0.25, -0.2) is 0 Å². The lowest BCUT2D eigenvalue weighted by Crippen LogP contribution is -2.22.